The van der Waals surface area contributed by atoms with E-state index in [1.165, 1.54) is 22.2 Å². The van der Waals surface area contributed by atoms with Crippen LogP contribution in [0.3, 0.4) is 0 Å². The van der Waals surface area contributed by atoms with Crippen molar-refractivity contribution in [3.63, 3.8) is 0 Å². The molecule has 3 aromatic rings. The van der Waals surface area contributed by atoms with E-state index in [2.05, 4.69) is 57.6 Å². The second-order valence-corrected chi connectivity index (χ2v) is 7.43. The zero-order chi connectivity index (χ0) is 14.2. The number of fused-ring (bicyclic) bond motifs is 2. The van der Waals surface area contributed by atoms with E-state index in [4.69, 9.17) is 4.98 Å². The van der Waals surface area contributed by atoms with E-state index in [0.29, 0.717) is 6.04 Å². The number of aryl methyl sites for hydroxylation is 1. The third kappa shape index (κ3) is 2.70. The highest BCUT2D eigenvalue weighted by molar-refractivity contribution is 9.10. The van der Waals surface area contributed by atoms with Crippen LogP contribution in [-0.4, -0.2) is 11.0 Å². The summed E-state index contributed by atoms with van der Waals surface area (Å²) in [5.41, 5.74) is 4.05. The lowest BCUT2D eigenvalue weighted by atomic mass is 9.88. The van der Waals surface area contributed by atoms with Crippen LogP contribution in [-0.2, 0) is 12.8 Å². The fourth-order valence-electron chi connectivity index (χ4n) is 2.96. The van der Waals surface area contributed by atoms with Crippen molar-refractivity contribution in [1.82, 2.24) is 4.98 Å². The molecule has 1 aromatic heterocycles. The van der Waals surface area contributed by atoms with Crippen molar-refractivity contribution in [3.8, 4) is 0 Å². The van der Waals surface area contributed by atoms with E-state index in [-0.39, 0.29) is 0 Å². The number of aromatic nitrogens is 1. The molecule has 4 heteroatoms. The highest BCUT2D eigenvalue weighted by atomic mass is 79.9. The van der Waals surface area contributed by atoms with Gasteiger partial charge in [-0.1, -0.05) is 51.5 Å². The van der Waals surface area contributed by atoms with Gasteiger partial charge in [0.05, 0.1) is 10.2 Å². The first-order valence-corrected chi connectivity index (χ1v) is 8.78. The van der Waals surface area contributed by atoms with Gasteiger partial charge in [-0.25, -0.2) is 4.98 Å². The molecule has 0 spiro atoms. The molecule has 2 aromatic carbocycles. The van der Waals surface area contributed by atoms with Gasteiger partial charge in [0, 0.05) is 10.5 Å². The Morgan fingerprint density at radius 1 is 1.14 bits per heavy atom. The number of nitrogens with zero attached hydrogens (tertiary/aromatic N) is 1. The molecule has 1 N–H and O–H groups in total. The van der Waals surface area contributed by atoms with Crippen LogP contribution >= 0.6 is 27.3 Å². The molecule has 4 rings (SSSR count). The Morgan fingerprint density at radius 3 is 2.90 bits per heavy atom. The van der Waals surface area contributed by atoms with E-state index in [1.54, 1.807) is 11.3 Å². The Kier molecular flexibility index (Phi) is 3.43. The first-order valence-electron chi connectivity index (χ1n) is 7.17. The Morgan fingerprint density at radius 2 is 2.00 bits per heavy atom. The summed E-state index contributed by atoms with van der Waals surface area (Å²) >= 11 is 5.25. The predicted octanol–water partition coefficient (Wildman–Crippen LogP) is 5.03. The molecular formula is C17H15BrN2S. The van der Waals surface area contributed by atoms with Crippen LogP contribution in [0.15, 0.2) is 46.9 Å². The number of thiazole rings is 1. The topological polar surface area (TPSA) is 24.9 Å². The van der Waals surface area contributed by atoms with Gasteiger partial charge >= 0.3 is 0 Å². The van der Waals surface area contributed by atoms with Crippen LogP contribution < -0.4 is 5.32 Å². The number of rotatable bonds is 2. The van der Waals surface area contributed by atoms with Crippen molar-refractivity contribution in [2.75, 3.05) is 5.32 Å². The third-order valence-electron chi connectivity index (χ3n) is 4.02. The largest absolute Gasteiger partial charge is 0.358 e. The summed E-state index contributed by atoms with van der Waals surface area (Å²) in [7, 11) is 0. The molecule has 1 unspecified atom stereocenters. The van der Waals surface area contributed by atoms with Crippen LogP contribution in [0.4, 0.5) is 5.13 Å². The number of nitrogens with one attached hydrogen (secondary N) is 1. The average Bonchev–Trinajstić information content (AvgIpc) is 2.88. The van der Waals surface area contributed by atoms with Crippen LogP contribution in [0, 0.1) is 0 Å². The van der Waals surface area contributed by atoms with Crippen molar-refractivity contribution in [3.05, 3.63) is 58.1 Å². The van der Waals surface area contributed by atoms with Gasteiger partial charge in [0.25, 0.3) is 0 Å². The van der Waals surface area contributed by atoms with Crippen molar-refractivity contribution < 1.29 is 0 Å². The van der Waals surface area contributed by atoms with Crippen molar-refractivity contribution in [2.24, 2.45) is 0 Å². The minimum absolute atomic E-state index is 0.490. The van der Waals surface area contributed by atoms with E-state index in [9.17, 15) is 0 Å². The summed E-state index contributed by atoms with van der Waals surface area (Å²) in [6.45, 7) is 0. The SMILES string of the molecule is Brc1ccc2nc(NC3CCc4ccccc4C3)sc2c1. The van der Waals surface area contributed by atoms with Gasteiger partial charge in [-0.05, 0) is 48.6 Å². The van der Waals surface area contributed by atoms with Crippen LogP contribution in [0.25, 0.3) is 10.2 Å². The van der Waals surface area contributed by atoms with Crippen LogP contribution in [0.5, 0.6) is 0 Å². The standard InChI is InChI=1S/C17H15BrN2S/c18-13-6-8-15-16(10-13)21-17(20-15)19-14-7-5-11-3-1-2-4-12(11)9-14/h1-4,6,8,10,14H,5,7,9H2,(H,19,20). The molecule has 0 radical (unpaired) electrons. The molecule has 0 saturated heterocycles. The van der Waals surface area contributed by atoms with E-state index in [0.717, 1.165) is 28.0 Å². The minimum Gasteiger partial charge on any atom is -0.358 e. The molecule has 106 valence electrons. The maximum atomic E-state index is 4.69. The second-order valence-electron chi connectivity index (χ2n) is 5.48. The molecule has 1 aliphatic rings. The van der Waals surface area contributed by atoms with Crippen molar-refractivity contribution in [2.45, 2.75) is 25.3 Å². The monoisotopic (exact) mass is 358 g/mol. The molecule has 0 aliphatic heterocycles. The van der Waals surface area contributed by atoms with Gasteiger partial charge < -0.3 is 5.32 Å². The molecule has 0 fully saturated rings. The molecule has 0 bridgehead atoms. The quantitative estimate of drug-likeness (QED) is 0.694. The Balaban J connectivity index is 1.55. The smallest absolute Gasteiger partial charge is 0.184 e. The molecule has 1 heterocycles. The molecule has 0 amide bonds. The lowest BCUT2D eigenvalue weighted by Crippen LogP contribution is -2.27. The zero-order valence-electron chi connectivity index (χ0n) is 11.5. The summed E-state index contributed by atoms with van der Waals surface area (Å²) < 4.78 is 2.33. The van der Waals surface area contributed by atoms with Gasteiger partial charge in [-0.3, -0.25) is 0 Å². The maximum Gasteiger partial charge on any atom is 0.184 e. The van der Waals surface area contributed by atoms with E-state index >= 15 is 0 Å². The molecule has 0 saturated carbocycles. The van der Waals surface area contributed by atoms with E-state index in [1.807, 2.05) is 6.07 Å². The predicted molar refractivity (Wildman–Crippen MR) is 93.2 cm³/mol. The Labute approximate surface area is 136 Å². The molecule has 2 nitrogen and oxygen atoms in total. The number of hydrogen-bond acceptors (Lipinski definition) is 3. The zero-order valence-corrected chi connectivity index (χ0v) is 13.9. The summed E-state index contributed by atoms with van der Waals surface area (Å²) in [5.74, 6) is 0. The van der Waals surface area contributed by atoms with Gasteiger partial charge in [0.15, 0.2) is 5.13 Å². The fraction of sp³-hybridized carbons (Fsp3) is 0.235. The van der Waals surface area contributed by atoms with Crippen molar-refractivity contribution >= 4 is 42.6 Å². The Hall–Kier alpha value is -1.39. The maximum absolute atomic E-state index is 4.69. The molecular weight excluding hydrogens is 344 g/mol. The summed E-state index contributed by atoms with van der Waals surface area (Å²) in [4.78, 5) is 4.69. The molecule has 1 atom stereocenters. The summed E-state index contributed by atoms with van der Waals surface area (Å²) in [6.07, 6.45) is 3.43. The minimum atomic E-state index is 0.490. The van der Waals surface area contributed by atoms with E-state index < -0.39 is 0 Å². The number of hydrogen-bond donors (Lipinski definition) is 1. The van der Waals surface area contributed by atoms with Gasteiger partial charge in [0.2, 0.25) is 0 Å². The Bertz CT molecular complexity index is 796. The van der Waals surface area contributed by atoms with Crippen molar-refractivity contribution in [1.29, 1.82) is 0 Å². The normalized spacial score (nSPS) is 17.7. The number of benzene rings is 2. The van der Waals surface area contributed by atoms with Crippen LogP contribution in [0.1, 0.15) is 17.5 Å². The molecule has 21 heavy (non-hydrogen) atoms. The average molecular weight is 359 g/mol. The first-order chi connectivity index (χ1) is 10.3. The highest BCUT2D eigenvalue weighted by Crippen LogP contribution is 2.30. The van der Waals surface area contributed by atoms with Gasteiger partial charge in [-0.15, -0.1) is 0 Å². The summed E-state index contributed by atoms with van der Waals surface area (Å²) in [5, 5.41) is 4.66. The fourth-order valence-corrected chi connectivity index (χ4v) is 4.45. The van der Waals surface area contributed by atoms with Crippen LogP contribution in [0.2, 0.25) is 0 Å². The third-order valence-corrected chi connectivity index (χ3v) is 5.47. The lowest BCUT2D eigenvalue weighted by molar-refractivity contribution is 0.610. The first kappa shape index (κ1) is 13.3. The number of halogens is 1. The highest BCUT2D eigenvalue weighted by Gasteiger charge is 2.19. The lowest BCUT2D eigenvalue weighted by Gasteiger charge is -2.25. The molecule has 1 aliphatic carbocycles. The summed E-state index contributed by atoms with van der Waals surface area (Å²) in [6, 6.07) is 15.5. The number of anilines is 1. The van der Waals surface area contributed by atoms with Gasteiger partial charge in [-0.2, -0.15) is 0 Å². The second kappa shape index (κ2) is 5.43. The van der Waals surface area contributed by atoms with Gasteiger partial charge in [0.1, 0.15) is 0 Å².